The van der Waals surface area contributed by atoms with Crippen LogP contribution in [-0.4, -0.2) is 42.3 Å². The van der Waals surface area contributed by atoms with Gasteiger partial charge in [0.15, 0.2) is 0 Å². The van der Waals surface area contributed by atoms with Crippen LogP contribution in [-0.2, 0) is 0 Å². The minimum Gasteiger partial charge on any atom is -0.396 e. The van der Waals surface area contributed by atoms with Gasteiger partial charge in [0.25, 0.3) is 0 Å². The molecule has 1 aromatic rings. The third kappa shape index (κ3) is 3.96. The van der Waals surface area contributed by atoms with Crippen LogP contribution >= 0.6 is 0 Å². The number of rotatable bonds is 5. The summed E-state index contributed by atoms with van der Waals surface area (Å²) < 4.78 is 0. The van der Waals surface area contributed by atoms with Gasteiger partial charge in [-0.3, -0.25) is 0 Å². The van der Waals surface area contributed by atoms with Crippen molar-refractivity contribution in [3.63, 3.8) is 0 Å². The van der Waals surface area contributed by atoms with E-state index in [-0.39, 0.29) is 18.6 Å². The highest BCUT2D eigenvalue weighted by Crippen LogP contribution is 2.18. The molecule has 2 N–H and O–H groups in total. The Morgan fingerprint density at radius 1 is 1.26 bits per heavy atom. The zero-order valence-corrected chi connectivity index (χ0v) is 11.2. The summed E-state index contributed by atoms with van der Waals surface area (Å²) in [5.41, 5.74) is 1.17. The van der Waals surface area contributed by atoms with Crippen LogP contribution in [0.1, 0.15) is 30.7 Å². The minimum absolute atomic E-state index is 0.0244. The van der Waals surface area contributed by atoms with E-state index in [0.29, 0.717) is 13.0 Å². The van der Waals surface area contributed by atoms with Gasteiger partial charge >= 0.3 is 6.03 Å². The fourth-order valence-electron chi connectivity index (χ4n) is 2.51. The van der Waals surface area contributed by atoms with E-state index in [9.17, 15) is 4.79 Å². The molecular formula is C15H22N2O2. The number of benzene rings is 1. The maximum absolute atomic E-state index is 11.9. The van der Waals surface area contributed by atoms with E-state index >= 15 is 0 Å². The molecule has 0 spiro atoms. The van der Waals surface area contributed by atoms with Crippen molar-refractivity contribution in [1.29, 1.82) is 0 Å². The Bertz CT molecular complexity index is 388. The van der Waals surface area contributed by atoms with E-state index in [4.69, 9.17) is 5.11 Å². The number of hydrogen-bond donors (Lipinski definition) is 2. The van der Waals surface area contributed by atoms with Gasteiger partial charge in [-0.25, -0.2) is 4.79 Å². The molecule has 1 atom stereocenters. The van der Waals surface area contributed by atoms with Gasteiger partial charge in [-0.05, 0) is 24.8 Å². The summed E-state index contributed by atoms with van der Waals surface area (Å²) in [5, 5.41) is 12.1. The predicted octanol–water partition coefficient (Wildman–Crippen LogP) is 1.96. The third-order valence-corrected chi connectivity index (χ3v) is 3.64. The summed E-state index contributed by atoms with van der Waals surface area (Å²) in [7, 11) is 0. The second-order valence-electron chi connectivity index (χ2n) is 5.00. The van der Waals surface area contributed by atoms with Gasteiger partial charge < -0.3 is 15.3 Å². The van der Waals surface area contributed by atoms with Crippen LogP contribution in [0.5, 0.6) is 0 Å². The molecule has 1 heterocycles. The number of likely N-dealkylation sites (tertiary alicyclic amines) is 1. The number of nitrogens with zero attached hydrogens (tertiary/aromatic N) is 1. The lowest BCUT2D eigenvalue weighted by Gasteiger charge is -2.20. The Morgan fingerprint density at radius 2 is 1.95 bits per heavy atom. The van der Waals surface area contributed by atoms with Gasteiger partial charge in [0.05, 0.1) is 0 Å². The number of carbonyl (C=O) groups is 1. The first-order valence-electron chi connectivity index (χ1n) is 7.00. The van der Waals surface area contributed by atoms with Crippen molar-refractivity contribution in [2.24, 2.45) is 0 Å². The Kier molecular flexibility index (Phi) is 5.21. The van der Waals surface area contributed by atoms with Crippen LogP contribution in [0, 0.1) is 0 Å². The second-order valence-corrected chi connectivity index (χ2v) is 5.00. The lowest BCUT2D eigenvalue weighted by Crippen LogP contribution is -2.39. The first-order chi connectivity index (χ1) is 9.31. The molecule has 1 aromatic carbocycles. The van der Waals surface area contributed by atoms with Crippen LogP contribution < -0.4 is 5.32 Å². The molecule has 4 nitrogen and oxygen atoms in total. The first-order valence-corrected chi connectivity index (χ1v) is 7.00. The summed E-state index contributed by atoms with van der Waals surface area (Å²) in [6, 6.07) is 10.1. The summed E-state index contributed by atoms with van der Waals surface area (Å²) in [5.74, 6) is 0.178. The first kappa shape index (κ1) is 13.9. The Morgan fingerprint density at radius 3 is 2.58 bits per heavy atom. The van der Waals surface area contributed by atoms with Crippen molar-refractivity contribution in [1.82, 2.24) is 10.2 Å². The fourth-order valence-corrected chi connectivity index (χ4v) is 2.51. The molecule has 1 unspecified atom stereocenters. The number of aliphatic hydroxyl groups is 1. The number of hydrogen-bond acceptors (Lipinski definition) is 2. The molecular weight excluding hydrogens is 240 g/mol. The van der Waals surface area contributed by atoms with Gasteiger partial charge in [0.2, 0.25) is 0 Å². The van der Waals surface area contributed by atoms with E-state index in [1.807, 2.05) is 35.2 Å². The molecule has 0 aromatic heterocycles. The maximum Gasteiger partial charge on any atom is 0.317 e. The normalized spacial score (nSPS) is 16.4. The van der Waals surface area contributed by atoms with E-state index in [0.717, 1.165) is 25.9 Å². The molecule has 19 heavy (non-hydrogen) atoms. The zero-order chi connectivity index (χ0) is 13.5. The highest BCUT2D eigenvalue weighted by Gasteiger charge is 2.19. The number of aliphatic hydroxyl groups excluding tert-OH is 1. The molecule has 0 radical (unpaired) electrons. The zero-order valence-electron chi connectivity index (χ0n) is 11.2. The van der Waals surface area contributed by atoms with Gasteiger partial charge in [0, 0.05) is 32.2 Å². The lowest BCUT2D eigenvalue weighted by atomic mass is 9.96. The monoisotopic (exact) mass is 262 g/mol. The van der Waals surface area contributed by atoms with Gasteiger partial charge in [0.1, 0.15) is 0 Å². The summed E-state index contributed by atoms with van der Waals surface area (Å²) in [4.78, 5) is 13.8. The van der Waals surface area contributed by atoms with Gasteiger partial charge in [-0.2, -0.15) is 0 Å². The maximum atomic E-state index is 11.9. The lowest BCUT2D eigenvalue weighted by molar-refractivity contribution is 0.206. The van der Waals surface area contributed by atoms with Crippen LogP contribution in [0.3, 0.4) is 0 Å². The Hall–Kier alpha value is -1.55. The van der Waals surface area contributed by atoms with E-state index in [2.05, 4.69) is 5.32 Å². The van der Waals surface area contributed by atoms with Crippen LogP contribution in [0.25, 0.3) is 0 Å². The molecule has 4 heteroatoms. The van der Waals surface area contributed by atoms with Crippen molar-refractivity contribution >= 4 is 6.03 Å². The topological polar surface area (TPSA) is 52.6 Å². The second kappa shape index (κ2) is 7.14. The largest absolute Gasteiger partial charge is 0.396 e. The predicted molar refractivity (Wildman–Crippen MR) is 75.1 cm³/mol. The summed E-state index contributed by atoms with van der Waals surface area (Å²) >= 11 is 0. The average molecular weight is 262 g/mol. The van der Waals surface area contributed by atoms with Crippen molar-refractivity contribution in [3.8, 4) is 0 Å². The highest BCUT2D eigenvalue weighted by molar-refractivity contribution is 5.74. The van der Waals surface area contributed by atoms with Crippen LogP contribution in [0.4, 0.5) is 4.79 Å². The number of amides is 2. The van der Waals surface area contributed by atoms with E-state index in [1.54, 1.807) is 0 Å². The van der Waals surface area contributed by atoms with E-state index < -0.39 is 0 Å². The Labute approximate surface area is 114 Å². The smallest absolute Gasteiger partial charge is 0.317 e. The molecule has 2 amide bonds. The van der Waals surface area contributed by atoms with E-state index in [1.165, 1.54) is 5.56 Å². The standard InChI is InChI=1S/C15H22N2O2/c18-11-8-14(13-6-2-1-3-7-13)12-16-15(19)17-9-4-5-10-17/h1-3,6-7,14,18H,4-5,8-12H2,(H,16,19). The number of urea groups is 1. The molecule has 0 bridgehead atoms. The molecule has 1 aliphatic rings. The highest BCUT2D eigenvalue weighted by atomic mass is 16.3. The Balaban J connectivity index is 1.88. The fraction of sp³-hybridized carbons (Fsp3) is 0.533. The molecule has 0 saturated carbocycles. The third-order valence-electron chi connectivity index (χ3n) is 3.64. The van der Waals surface area contributed by atoms with Crippen molar-refractivity contribution in [2.45, 2.75) is 25.2 Å². The summed E-state index contributed by atoms with van der Waals surface area (Å²) in [6.07, 6.45) is 2.88. The quantitative estimate of drug-likeness (QED) is 0.852. The SMILES string of the molecule is O=C(NCC(CCO)c1ccccc1)N1CCCC1. The van der Waals surface area contributed by atoms with Crippen LogP contribution in [0.2, 0.25) is 0 Å². The molecule has 104 valence electrons. The summed E-state index contributed by atoms with van der Waals surface area (Å²) in [6.45, 7) is 2.45. The average Bonchev–Trinajstić information content (AvgIpc) is 2.98. The molecule has 1 aliphatic heterocycles. The van der Waals surface area contributed by atoms with Crippen LogP contribution in [0.15, 0.2) is 30.3 Å². The number of nitrogens with one attached hydrogen (secondary N) is 1. The molecule has 1 saturated heterocycles. The van der Waals surface area contributed by atoms with Gasteiger partial charge in [-0.1, -0.05) is 30.3 Å². The molecule has 2 rings (SSSR count). The van der Waals surface area contributed by atoms with Crippen molar-refractivity contribution in [3.05, 3.63) is 35.9 Å². The van der Waals surface area contributed by atoms with Crippen molar-refractivity contribution < 1.29 is 9.90 Å². The number of carbonyl (C=O) groups excluding carboxylic acids is 1. The molecule has 0 aliphatic carbocycles. The van der Waals surface area contributed by atoms with Crippen molar-refractivity contribution in [2.75, 3.05) is 26.2 Å². The minimum atomic E-state index is 0.0244. The molecule has 1 fully saturated rings. The van der Waals surface area contributed by atoms with Gasteiger partial charge in [-0.15, -0.1) is 0 Å².